The average molecular weight is 249 g/mol. The van der Waals surface area contributed by atoms with Gasteiger partial charge in [-0.1, -0.05) is 6.92 Å². The van der Waals surface area contributed by atoms with Gasteiger partial charge in [0.1, 0.15) is 5.75 Å². The summed E-state index contributed by atoms with van der Waals surface area (Å²) in [4.78, 5) is 33.7. The number of rotatable bonds is 3. The zero-order chi connectivity index (χ0) is 13.4. The molecule has 6 nitrogen and oxygen atoms in total. The third kappa shape index (κ3) is 1.57. The summed E-state index contributed by atoms with van der Waals surface area (Å²) < 4.78 is 5.05. The summed E-state index contributed by atoms with van der Waals surface area (Å²) in [5.41, 5.74) is 0.926. The van der Waals surface area contributed by atoms with Crippen LogP contribution in [0.1, 0.15) is 33.2 Å². The van der Waals surface area contributed by atoms with Crippen LogP contribution in [0.2, 0.25) is 0 Å². The molecule has 0 radical (unpaired) electrons. The minimum Gasteiger partial charge on any atom is -0.496 e. The molecule has 0 spiro atoms. The minimum atomic E-state index is -1.82. The predicted octanol–water partition coefficient (Wildman–Crippen LogP) is 1.28. The van der Waals surface area contributed by atoms with Crippen LogP contribution in [0.4, 0.5) is 0 Å². The Balaban J connectivity index is 2.67. The lowest BCUT2D eigenvalue weighted by molar-refractivity contribution is -0.488. The van der Waals surface area contributed by atoms with Gasteiger partial charge in [-0.15, -0.1) is 0 Å². The highest BCUT2D eigenvalue weighted by Gasteiger charge is 2.49. The molecule has 1 atom stereocenters. The van der Waals surface area contributed by atoms with Crippen molar-refractivity contribution in [3.05, 3.63) is 38.9 Å². The molecule has 0 N–H and O–H groups in total. The molecule has 1 aromatic carbocycles. The highest BCUT2D eigenvalue weighted by Crippen LogP contribution is 2.33. The second-order valence-electron chi connectivity index (χ2n) is 3.99. The number of carbonyl (C=O) groups excluding carboxylic acids is 2. The fourth-order valence-electron chi connectivity index (χ4n) is 2.08. The van der Waals surface area contributed by atoms with Gasteiger partial charge in [-0.3, -0.25) is 19.7 Å². The van der Waals surface area contributed by atoms with Crippen molar-refractivity contribution in [1.82, 2.24) is 0 Å². The highest BCUT2D eigenvalue weighted by atomic mass is 16.6. The number of methoxy groups -OCH3 is 1. The van der Waals surface area contributed by atoms with Crippen molar-refractivity contribution in [1.29, 1.82) is 0 Å². The Morgan fingerprint density at radius 2 is 2.00 bits per heavy atom. The third-order valence-corrected chi connectivity index (χ3v) is 3.01. The van der Waals surface area contributed by atoms with Gasteiger partial charge >= 0.3 is 6.04 Å². The van der Waals surface area contributed by atoms with Gasteiger partial charge in [0, 0.05) is 10.5 Å². The molecule has 6 heteroatoms. The van der Waals surface area contributed by atoms with E-state index in [1.807, 2.05) is 6.92 Å². The van der Waals surface area contributed by atoms with E-state index in [0.29, 0.717) is 6.42 Å². The standard InChI is InChI=1S/C12H11NO5/c1-3-6-4-7-9(8(5-6)18-2)12(15)10(11(7)14)13(16)17/h4-5,10H,3H2,1-2H3. The van der Waals surface area contributed by atoms with Gasteiger partial charge in [0.05, 0.1) is 12.7 Å². The smallest absolute Gasteiger partial charge is 0.336 e. The molecule has 0 fully saturated rings. The maximum atomic E-state index is 11.9. The first-order valence-electron chi connectivity index (χ1n) is 5.44. The number of nitro groups is 1. The molecule has 1 aliphatic carbocycles. The van der Waals surface area contributed by atoms with Crippen LogP contribution in [-0.2, 0) is 6.42 Å². The summed E-state index contributed by atoms with van der Waals surface area (Å²) in [6.07, 6.45) is 0.647. The molecule has 1 aromatic rings. The largest absolute Gasteiger partial charge is 0.496 e. The fourth-order valence-corrected chi connectivity index (χ4v) is 2.08. The van der Waals surface area contributed by atoms with Gasteiger partial charge in [-0.2, -0.15) is 0 Å². The lowest BCUT2D eigenvalue weighted by Crippen LogP contribution is -2.31. The van der Waals surface area contributed by atoms with Crippen molar-refractivity contribution in [3.63, 3.8) is 0 Å². The van der Waals surface area contributed by atoms with Crippen LogP contribution < -0.4 is 4.74 Å². The first kappa shape index (κ1) is 12.2. The van der Waals surface area contributed by atoms with Crippen molar-refractivity contribution in [2.45, 2.75) is 19.4 Å². The molecule has 0 aliphatic heterocycles. The Hall–Kier alpha value is -2.24. The van der Waals surface area contributed by atoms with Gasteiger partial charge < -0.3 is 4.74 Å². The topological polar surface area (TPSA) is 86.5 Å². The molecule has 94 valence electrons. The maximum Gasteiger partial charge on any atom is 0.336 e. The average Bonchev–Trinajstić information content (AvgIpc) is 2.60. The number of fused-ring (bicyclic) bond motifs is 1. The molecule has 2 rings (SSSR count). The second-order valence-corrected chi connectivity index (χ2v) is 3.99. The highest BCUT2D eigenvalue weighted by molar-refractivity contribution is 6.29. The normalized spacial score (nSPS) is 17.8. The molecule has 18 heavy (non-hydrogen) atoms. The molecular formula is C12H11NO5. The number of benzene rings is 1. The van der Waals surface area contributed by atoms with E-state index in [1.54, 1.807) is 6.07 Å². The number of aryl methyl sites for hydroxylation is 1. The number of carbonyl (C=O) groups is 2. The van der Waals surface area contributed by atoms with E-state index in [9.17, 15) is 19.7 Å². The molecule has 1 aliphatic rings. The molecule has 0 amide bonds. The number of ether oxygens (including phenoxy) is 1. The zero-order valence-corrected chi connectivity index (χ0v) is 9.93. The summed E-state index contributed by atoms with van der Waals surface area (Å²) in [7, 11) is 1.37. The summed E-state index contributed by atoms with van der Waals surface area (Å²) in [6.45, 7) is 1.88. The molecule has 0 heterocycles. The number of hydrogen-bond donors (Lipinski definition) is 0. The number of nitrogens with zero attached hydrogens (tertiary/aromatic N) is 1. The monoisotopic (exact) mass is 249 g/mol. The number of hydrogen-bond acceptors (Lipinski definition) is 5. The van der Waals surface area contributed by atoms with Crippen molar-refractivity contribution < 1.29 is 19.2 Å². The van der Waals surface area contributed by atoms with Crippen LogP contribution in [-0.4, -0.2) is 29.6 Å². The Morgan fingerprint density at radius 3 is 2.50 bits per heavy atom. The van der Waals surface area contributed by atoms with E-state index in [4.69, 9.17) is 4.74 Å². The minimum absolute atomic E-state index is 0.0291. The van der Waals surface area contributed by atoms with Crippen molar-refractivity contribution >= 4 is 11.6 Å². The van der Waals surface area contributed by atoms with E-state index in [1.165, 1.54) is 13.2 Å². The lowest BCUT2D eigenvalue weighted by atomic mass is 10.0. The van der Waals surface area contributed by atoms with E-state index in [0.717, 1.165) is 5.56 Å². The Morgan fingerprint density at radius 1 is 1.33 bits per heavy atom. The first-order valence-corrected chi connectivity index (χ1v) is 5.44. The van der Waals surface area contributed by atoms with Gasteiger partial charge in [0.2, 0.25) is 11.6 Å². The Labute approximate surface area is 103 Å². The quantitative estimate of drug-likeness (QED) is 0.457. The van der Waals surface area contributed by atoms with E-state index in [2.05, 4.69) is 0 Å². The summed E-state index contributed by atoms with van der Waals surface area (Å²) in [6, 6.07) is 1.34. The summed E-state index contributed by atoms with van der Waals surface area (Å²) >= 11 is 0. The van der Waals surface area contributed by atoms with E-state index >= 15 is 0 Å². The molecule has 0 bridgehead atoms. The van der Waals surface area contributed by atoms with Crippen LogP contribution in [0.25, 0.3) is 0 Å². The maximum absolute atomic E-state index is 11.9. The number of ketones is 2. The van der Waals surface area contributed by atoms with Crippen molar-refractivity contribution in [2.24, 2.45) is 0 Å². The van der Waals surface area contributed by atoms with Gasteiger partial charge in [0.25, 0.3) is 0 Å². The second kappa shape index (κ2) is 4.21. The first-order chi connectivity index (χ1) is 8.51. The summed E-state index contributed by atoms with van der Waals surface area (Å²) in [5, 5.41) is 10.8. The van der Waals surface area contributed by atoms with Gasteiger partial charge in [-0.25, -0.2) is 0 Å². The van der Waals surface area contributed by atoms with Gasteiger partial charge in [0.15, 0.2) is 0 Å². The van der Waals surface area contributed by atoms with Crippen LogP contribution in [0, 0.1) is 10.1 Å². The summed E-state index contributed by atoms with van der Waals surface area (Å²) in [5.74, 6) is -1.32. The lowest BCUT2D eigenvalue weighted by Gasteiger charge is -2.07. The fraction of sp³-hybridized carbons (Fsp3) is 0.333. The molecule has 0 saturated heterocycles. The Kier molecular flexibility index (Phi) is 2.86. The SMILES string of the molecule is CCc1cc(OC)c2c(c1)C(=O)C([N+](=O)[O-])C2=O. The van der Waals surface area contributed by atoms with Crippen molar-refractivity contribution in [2.75, 3.05) is 7.11 Å². The molecule has 0 saturated carbocycles. The van der Waals surface area contributed by atoms with Gasteiger partial charge in [-0.05, 0) is 24.1 Å². The van der Waals surface area contributed by atoms with Crippen LogP contribution in [0.3, 0.4) is 0 Å². The van der Waals surface area contributed by atoms with Crippen LogP contribution in [0.5, 0.6) is 5.75 Å². The third-order valence-electron chi connectivity index (χ3n) is 3.01. The molecular weight excluding hydrogens is 238 g/mol. The molecule has 0 aromatic heterocycles. The number of Topliss-reactive ketones (excluding diaryl/α,β-unsaturated/α-hetero) is 2. The van der Waals surface area contributed by atoms with Crippen LogP contribution in [0.15, 0.2) is 12.1 Å². The van der Waals surface area contributed by atoms with E-state index in [-0.39, 0.29) is 16.9 Å². The van der Waals surface area contributed by atoms with Crippen LogP contribution >= 0.6 is 0 Å². The van der Waals surface area contributed by atoms with Crippen molar-refractivity contribution in [3.8, 4) is 5.75 Å². The van der Waals surface area contributed by atoms with E-state index < -0.39 is 22.5 Å². The zero-order valence-electron chi connectivity index (χ0n) is 9.93. The Bertz CT molecular complexity index is 564. The molecule has 1 unspecified atom stereocenters. The predicted molar refractivity (Wildman–Crippen MR) is 61.8 cm³/mol.